The molecule has 2 aliphatic rings. The Bertz CT molecular complexity index is 1050. The van der Waals surface area contributed by atoms with E-state index in [9.17, 15) is 0 Å². The third-order valence-electron chi connectivity index (χ3n) is 6.22. The van der Waals surface area contributed by atoms with Crippen molar-refractivity contribution in [1.29, 1.82) is 0 Å². The fourth-order valence-electron chi connectivity index (χ4n) is 4.81. The van der Waals surface area contributed by atoms with E-state index in [1.165, 1.54) is 12.8 Å². The van der Waals surface area contributed by atoms with Gasteiger partial charge in [-0.05, 0) is 88.2 Å². The minimum atomic E-state index is -0.0847. The summed E-state index contributed by atoms with van der Waals surface area (Å²) in [5.74, 6) is 2.56. The van der Waals surface area contributed by atoms with Crippen molar-refractivity contribution in [3.63, 3.8) is 0 Å². The van der Waals surface area contributed by atoms with Crippen molar-refractivity contribution in [2.75, 3.05) is 13.1 Å². The van der Waals surface area contributed by atoms with Gasteiger partial charge in [0.25, 0.3) is 0 Å². The molecule has 5 nitrogen and oxygen atoms in total. The number of rotatable bonds is 4. The number of hydrogen-bond donors (Lipinski definition) is 0. The predicted molar refractivity (Wildman–Crippen MR) is 119 cm³/mol. The van der Waals surface area contributed by atoms with Crippen LogP contribution >= 0.6 is 23.2 Å². The zero-order chi connectivity index (χ0) is 20.8. The second-order valence-corrected chi connectivity index (χ2v) is 8.98. The maximum atomic E-state index is 6.57. The quantitative estimate of drug-likeness (QED) is 0.547. The van der Waals surface area contributed by atoms with Gasteiger partial charge in [0.05, 0.1) is 6.04 Å². The van der Waals surface area contributed by atoms with Crippen molar-refractivity contribution in [3.8, 4) is 11.4 Å². The summed E-state index contributed by atoms with van der Waals surface area (Å²) in [6.07, 6.45) is 3.28. The van der Waals surface area contributed by atoms with E-state index in [-0.39, 0.29) is 12.1 Å². The molecule has 0 N–H and O–H groups in total. The number of aromatic nitrogens is 3. The lowest BCUT2D eigenvalue weighted by molar-refractivity contribution is 0.0941. The Balaban J connectivity index is 1.46. The number of fused-ring (bicyclic) bond motifs is 1. The highest BCUT2D eigenvalue weighted by atomic mass is 35.5. The average Bonchev–Trinajstić information content (AvgIpc) is 3.43. The lowest BCUT2D eigenvalue weighted by Crippen LogP contribution is -2.38. The van der Waals surface area contributed by atoms with Gasteiger partial charge in [-0.2, -0.15) is 0 Å². The van der Waals surface area contributed by atoms with E-state index in [2.05, 4.69) is 15.1 Å². The summed E-state index contributed by atoms with van der Waals surface area (Å²) < 4.78 is 8.60. The highest BCUT2D eigenvalue weighted by Gasteiger charge is 2.40. The molecule has 30 heavy (non-hydrogen) atoms. The van der Waals surface area contributed by atoms with Gasteiger partial charge in [0, 0.05) is 21.3 Å². The maximum Gasteiger partial charge on any atom is 0.140 e. The molecule has 156 valence electrons. The van der Waals surface area contributed by atoms with Crippen molar-refractivity contribution >= 4 is 23.2 Å². The van der Waals surface area contributed by atoms with Gasteiger partial charge < -0.3 is 4.74 Å². The molecule has 3 aromatic rings. The molecule has 0 unspecified atom stereocenters. The van der Waals surface area contributed by atoms with E-state index in [4.69, 9.17) is 27.9 Å². The minimum Gasteiger partial charge on any atom is -0.484 e. The molecule has 0 radical (unpaired) electrons. The normalized spacial score (nSPS) is 21.2. The van der Waals surface area contributed by atoms with E-state index in [1.54, 1.807) is 0 Å². The Morgan fingerprint density at radius 2 is 1.63 bits per heavy atom. The topological polar surface area (TPSA) is 43.2 Å². The Hall–Kier alpha value is -2.08. The average molecular weight is 443 g/mol. The summed E-state index contributed by atoms with van der Waals surface area (Å²) in [6, 6.07) is 12.2. The number of aryl methyl sites for hydroxylation is 2. The number of hydrogen-bond acceptors (Lipinski definition) is 4. The Morgan fingerprint density at radius 1 is 0.967 bits per heavy atom. The molecule has 0 amide bonds. The highest BCUT2D eigenvalue weighted by Crippen LogP contribution is 2.43. The predicted octanol–water partition coefficient (Wildman–Crippen LogP) is 5.33. The smallest absolute Gasteiger partial charge is 0.140 e. The van der Waals surface area contributed by atoms with E-state index >= 15 is 0 Å². The van der Waals surface area contributed by atoms with Crippen LogP contribution in [0, 0.1) is 13.8 Å². The third kappa shape index (κ3) is 3.49. The summed E-state index contributed by atoms with van der Waals surface area (Å²) in [5, 5.41) is 9.68. The summed E-state index contributed by atoms with van der Waals surface area (Å²) in [6.45, 7) is 6.12. The Morgan fingerprint density at radius 3 is 2.30 bits per heavy atom. The van der Waals surface area contributed by atoms with E-state index in [0.29, 0.717) is 5.02 Å². The van der Waals surface area contributed by atoms with Crippen molar-refractivity contribution < 1.29 is 4.74 Å². The molecule has 1 saturated heterocycles. The van der Waals surface area contributed by atoms with Gasteiger partial charge in [0.1, 0.15) is 23.5 Å². The van der Waals surface area contributed by atoms with Crippen LogP contribution in [0.25, 0.3) is 5.69 Å². The standard InChI is InChI=1S/C23H24Cl2N4O/c1-14-26-27-15(2)29(14)17-5-7-18(8-6-17)30-23-20-11-16(24)12-21(25)19(20)13-22(23)28-9-3-4-10-28/h5-8,11-12,22-23H,3-4,9-10,13H2,1-2H3/t22-,23-/m0/s1. The van der Waals surface area contributed by atoms with E-state index in [1.807, 2.05) is 54.8 Å². The second-order valence-electron chi connectivity index (χ2n) is 8.13. The lowest BCUT2D eigenvalue weighted by Gasteiger charge is -2.30. The summed E-state index contributed by atoms with van der Waals surface area (Å²) in [5.41, 5.74) is 3.30. The second kappa shape index (κ2) is 7.88. The molecule has 2 heterocycles. The molecule has 0 bridgehead atoms. The molecule has 0 spiro atoms. The number of ether oxygens (including phenoxy) is 1. The third-order valence-corrected chi connectivity index (χ3v) is 6.77. The SMILES string of the molecule is Cc1nnc(C)n1-c1ccc(O[C@H]2c3cc(Cl)cc(Cl)c3C[C@@H]2N2CCCC2)cc1. The van der Waals surface area contributed by atoms with Crippen molar-refractivity contribution in [2.45, 2.75) is 45.3 Å². The van der Waals surface area contributed by atoms with Crippen molar-refractivity contribution in [3.05, 3.63) is 69.2 Å². The van der Waals surface area contributed by atoms with Crippen molar-refractivity contribution in [1.82, 2.24) is 19.7 Å². The molecular formula is C23H24Cl2N4O. The van der Waals surface area contributed by atoms with E-state index in [0.717, 1.165) is 58.7 Å². The molecule has 2 atom stereocenters. The molecule has 1 fully saturated rings. The van der Waals surface area contributed by atoms with Gasteiger partial charge in [0.2, 0.25) is 0 Å². The zero-order valence-corrected chi connectivity index (χ0v) is 18.6. The largest absolute Gasteiger partial charge is 0.484 e. The van der Waals surface area contributed by atoms with Crippen LogP contribution in [0.4, 0.5) is 0 Å². The molecule has 0 saturated carbocycles. The molecule has 1 aliphatic carbocycles. The first-order valence-electron chi connectivity index (χ1n) is 10.4. The number of nitrogens with zero attached hydrogens (tertiary/aromatic N) is 4. The summed E-state index contributed by atoms with van der Waals surface area (Å²) in [7, 11) is 0. The number of likely N-dealkylation sites (tertiary alicyclic amines) is 1. The van der Waals surface area contributed by atoms with Crippen LogP contribution < -0.4 is 4.74 Å². The van der Waals surface area contributed by atoms with Gasteiger partial charge in [-0.15, -0.1) is 10.2 Å². The molecular weight excluding hydrogens is 419 g/mol. The summed E-state index contributed by atoms with van der Waals surface area (Å²) in [4.78, 5) is 2.53. The summed E-state index contributed by atoms with van der Waals surface area (Å²) >= 11 is 12.9. The van der Waals surface area contributed by atoms with E-state index < -0.39 is 0 Å². The van der Waals surface area contributed by atoms with Gasteiger partial charge in [-0.25, -0.2) is 0 Å². The first kappa shape index (κ1) is 19.9. The fourth-order valence-corrected chi connectivity index (χ4v) is 5.40. The zero-order valence-electron chi connectivity index (χ0n) is 17.1. The van der Waals surface area contributed by atoms with Crippen LogP contribution in [0.15, 0.2) is 36.4 Å². The van der Waals surface area contributed by atoms with Crippen LogP contribution in [-0.4, -0.2) is 38.8 Å². The number of halogens is 2. The Kier molecular flexibility index (Phi) is 5.21. The van der Waals surface area contributed by atoms with Gasteiger partial charge in [0.15, 0.2) is 0 Å². The first-order valence-corrected chi connectivity index (χ1v) is 11.1. The van der Waals surface area contributed by atoms with Crippen LogP contribution in [-0.2, 0) is 6.42 Å². The van der Waals surface area contributed by atoms with Gasteiger partial charge in [-0.1, -0.05) is 23.2 Å². The fraction of sp³-hybridized carbons (Fsp3) is 0.391. The number of benzene rings is 2. The van der Waals surface area contributed by atoms with Gasteiger partial charge in [-0.3, -0.25) is 9.47 Å². The first-order chi connectivity index (χ1) is 14.5. The molecule has 2 aromatic carbocycles. The molecule has 1 aromatic heterocycles. The van der Waals surface area contributed by atoms with Crippen LogP contribution in [0.1, 0.15) is 41.7 Å². The molecule has 5 rings (SSSR count). The highest BCUT2D eigenvalue weighted by molar-refractivity contribution is 6.35. The van der Waals surface area contributed by atoms with Crippen LogP contribution in [0.2, 0.25) is 10.0 Å². The van der Waals surface area contributed by atoms with Crippen LogP contribution in [0.5, 0.6) is 5.75 Å². The minimum absolute atomic E-state index is 0.0847. The molecule has 7 heteroatoms. The van der Waals surface area contributed by atoms with Crippen molar-refractivity contribution in [2.24, 2.45) is 0 Å². The monoisotopic (exact) mass is 442 g/mol. The lowest BCUT2D eigenvalue weighted by atomic mass is 10.1. The maximum absolute atomic E-state index is 6.57. The van der Waals surface area contributed by atoms with Crippen LogP contribution in [0.3, 0.4) is 0 Å². The van der Waals surface area contributed by atoms with Gasteiger partial charge >= 0.3 is 0 Å². The molecule has 1 aliphatic heterocycles. The Labute approximate surface area is 186 Å².